The molecule has 4 heteroatoms. The highest BCUT2D eigenvalue weighted by atomic mass is 16.5. The lowest BCUT2D eigenvalue weighted by Gasteiger charge is -2.28. The summed E-state index contributed by atoms with van der Waals surface area (Å²) in [6, 6.07) is 0. The van der Waals surface area contributed by atoms with Crippen molar-refractivity contribution in [1.82, 2.24) is 4.90 Å². The number of amides is 1. The molecule has 1 saturated carbocycles. The predicted octanol–water partition coefficient (Wildman–Crippen LogP) is 0.999. The second kappa shape index (κ2) is 5.64. The lowest BCUT2D eigenvalue weighted by molar-refractivity contribution is -0.141. The summed E-state index contributed by atoms with van der Waals surface area (Å²) in [7, 11) is 1.79. The van der Waals surface area contributed by atoms with E-state index in [-0.39, 0.29) is 18.1 Å². The Morgan fingerprint density at radius 1 is 1.62 bits per heavy atom. The maximum absolute atomic E-state index is 11.6. The van der Waals surface area contributed by atoms with Gasteiger partial charge in [-0.15, -0.1) is 0 Å². The fourth-order valence-corrected chi connectivity index (χ4v) is 2.23. The smallest absolute Gasteiger partial charge is 0.248 e. The van der Waals surface area contributed by atoms with Crippen LogP contribution in [-0.2, 0) is 9.53 Å². The first-order valence-corrected chi connectivity index (χ1v) is 6.11. The SMILES string of the molecule is CCN(C)C(=O)COC1(CN)CCC(C)C1. The molecule has 2 unspecified atom stereocenters. The normalized spacial score (nSPS) is 29.4. The van der Waals surface area contributed by atoms with Gasteiger partial charge in [0.25, 0.3) is 0 Å². The van der Waals surface area contributed by atoms with Gasteiger partial charge >= 0.3 is 0 Å². The van der Waals surface area contributed by atoms with E-state index in [1.165, 1.54) is 0 Å². The molecule has 0 bridgehead atoms. The molecule has 2 atom stereocenters. The Kier molecular flexibility index (Phi) is 4.74. The molecule has 1 aliphatic carbocycles. The van der Waals surface area contributed by atoms with E-state index >= 15 is 0 Å². The second-order valence-corrected chi connectivity index (χ2v) is 4.93. The topological polar surface area (TPSA) is 55.6 Å². The molecule has 0 aromatic carbocycles. The maximum atomic E-state index is 11.6. The van der Waals surface area contributed by atoms with Crippen molar-refractivity contribution in [3.8, 4) is 0 Å². The third kappa shape index (κ3) is 3.19. The van der Waals surface area contributed by atoms with Gasteiger partial charge in [0, 0.05) is 20.1 Å². The zero-order chi connectivity index (χ0) is 12.2. The molecule has 94 valence electrons. The number of carbonyl (C=O) groups excluding carboxylic acids is 1. The summed E-state index contributed by atoms with van der Waals surface area (Å²) in [4.78, 5) is 13.3. The average Bonchev–Trinajstić information content (AvgIpc) is 2.67. The largest absolute Gasteiger partial charge is 0.364 e. The fourth-order valence-electron chi connectivity index (χ4n) is 2.23. The van der Waals surface area contributed by atoms with Crippen molar-refractivity contribution in [2.45, 2.75) is 38.7 Å². The Morgan fingerprint density at radius 3 is 2.75 bits per heavy atom. The van der Waals surface area contributed by atoms with Gasteiger partial charge in [-0.3, -0.25) is 4.79 Å². The van der Waals surface area contributed by atoms with Crippen LogP contribution in [0.2, 0.25) is 0 Å². The van der Waals surface area contributed by atoms with Crippen molar-refractivity contribution in [1.29, 1.82) is 0 Å². The number of likely N-dealkylation sites (N-methyl/N-ethyl adjacent to an activating group) is 1. The number of nitrogens with zero attached hydrogens (tertiary/aromatic N) is 1. The predicted molar refractivity (Wildman–Crippen MR) is 64.1 cm³/mol. The van der Waals surface area contributed by atoms with Crippen LogP contribution in [0.1, 0.15) is 33.1 Å². The molecule has 0 aliphatic heterocycles. The Balaban J connectivity index is 2.43. The summed E-state index contributed by atoms with van der Waals surface area (Å²) in [6.07, 6.45) is 3.11. The number of ether oxygens (including phenoxy) is 1. The monoisotopic (exact) mass is 228 g/mol. The molecular weight excluding hydrogens is 204 g/mol. The summed E-state index contributed by atoms with van der Waals surface area (Å²) >= 11 is 0. The fraction of sp³-hybridized carbons (Fsp3) is 0.917. The molecule has 4 nitrogen and oxygen atoms in total. The van der Waals surface area contributed by atoms with Crippen LogP contribution in [0.4, 0.5) is 0 Å². The summed E-state index contributed by atoms with van der Waals surface area (Å²) in [5, 5.41) is 0. The number of hydrogen-bond acceptors (Lipinski definition) is 3. The van der Waals surface area contributed by atoms with Crippen molar-refractivity contribution in [3.63, 3.8) is 0 Å². The molecule has 0 spiro atoms. The van der Waals surface area contributed by atoms with Gasteiger partial charge in [0.05, 0.1) is 5.60 Å². The van der Waals surface area contributed by atoms with Crippen LogP contribution >= 0.6 is 0 Å². The molecular formula is C12H24N2O2. The van der Waals surface area contributed by atoms with Crippen LogP contribution in [0, 0.1) is 5.92 Å². The lowest BCUT2D eigenvalue weighted by atomic mass is 10.0. The van der Waals surface area contributed by atoms with E-state index in [1.807, 2.05) is 6.92 Å². The Bertz CT molecular complexity index is 245. The minimum Gasteiger partial charge on any atom is -0.364 e. The summed E-state index contributed by atoms with van der Waals surface area (Å²) in [6.45, 7) is 5.55. The minimum absolute atomic E-state index is 0.0369. The molecule has 0 saturated heterocycles. The minimum atomic E-state index is -0.246. The molecule has 16 heavy (non-hydrogen) atoms. The first kappa shape index (κ1) is 13.5. The van der Waals surface area contributed by atoms with Gasteiger partial charge in [0.2, 0.25) is 5.91 Å². The molecule has 0 aromatic rings. The molecule has 0 radical (unpaired) electrons. The van der Waals surface area contributed by atoms with Gasteiger partial charge in [0.15, 0.2) is 0 Å². The molecule has 2 N–H and O–H groups in total. The van der Waals surface area contributed by atoms with E-state index in [0.717, 1.165) is 19.3 Å². The van der Waals surface area contributed by atoms with E-state index in [0.29, 0.717) is 19.0 Å². The van der Waals surface area contributed by atoms with Crippen LogP contribution in [0.5, 0.6) is 0 Å². The Hall–Kier alpha value is -0.610. The van der Waals surface area contributed by atoms with Crippen molar-refractivity contribution >= 4 is 5.91 Å². The van der Waals surface area contributed by atoms with Crippen LogP contribution in [0.15, 0.2) is 0 Å². The summed E-state index contributed by atoms with van der Waals surface area (Å²) in [5.74, 6) is 0.692. The first-order valence-electron chi connectivity index (χ1n) is 6.11. The Morgan fingerprint density at radius 2 is 2.31 bits per heavy atom. The van der Waals surface area contributed by atoms with E-state index in [9.17, 15) is 4.79 Å². The van der Waals surface area contributed by atoms with Crippen LogP contribution in [0.25, 0.3) is 0 Å². The van der Waals surface area contributed by atoms with E-state index < -0.39 is 0 Å². The van der Waals surface area contributed by atoms with Crippen molar-refractivity contribution in [2.24, 2.45) is 11.7 Å². The number of nitrogens with two attached hydrogens (primary N) is 1. The third-order valence-corrected chi connectivity index (χ3v) is 3.59. The highest BCUT2D eigenvalue weighted by Crippen LogP contribution is 2.36. The van der Waals surface area contributed by atoms with Crippen molar-refractivity contribution in [3.05, 3.63) is 0 Å². The van der Waals surface area contributed by atoms with Crippen LogP contribution in [0.3, 0.4) is 0 Å². The highest BCUT2D eigenvalue weighted by Gasteiger charge is 2.37. The zero-order valence-electron chi connectivity index (χ0n) is 10.7. The number of hydrogen-bond donors (Lipinski definition) is 1. The molecule has 0 aromatic heterocycles. The van der Waals surface area contributed by atoms with Gasteiger partial charge < -0.3 is 15.4 Å². The van der Waals surface area contributed by atoms with Gasteiger partial charge in [0.1, 0.15) is 6.61 Å². The standard InChI is InChI=1S/C12H24N2O2/c1-4-14(3)11(15)8-16-12(9-13)6-5-10(2)7-12/h10H,4-9,13H2,1-3H3. The number of rotatable bonds is 5. The molecule has 0 heterocycles. The highest BCUT2D eigenvalue weighted by molar-refractivity contribution is 5.77. The zero-order valence-corrected chi connectivity index (χ0v) is 10.7. The van der Waals surface area contributed by atoms with Gasteiger partial charge in [-0.05, 0) is 32.1 Å². The van der Waals surface area contributed by atoms with E-state index in [2.05, 4.69) is 6.92 Å². The summed E-state index contributed by atoms with van der Waals surface area (Å²) < 4.78 is 5.78. The molecule has 1 fully saturated rings. The summed E-state index contributed by atoms with van der Waals surface area (Å²) in [5.41, 5.74) is 5.53. The van der Waals surface area contributed by atoms with Crippen molar-refractivity contribution in [2.75, 3.05) is 26.7 Å². The maximum Gasteiger partial charge on any atom is 0.248 e. The quantitative estimate of drug-likeness (QED) is 0.763. The Labute approximate surface area is 98.1 Å². The third-order valence-electron chi connectivity index (χ3n) is 3.59. The molecule has 1 aliphatic rings. The second-order valence-electron chi connectivity index (χ2n) is 4.93. The average molecular weight is 228 g/mol. The first-order chi connectivity index (χ1) is 7.53. The van der Waals surface area contributed by atoms with Gasteiger partial charge in [-0.2, -0.15) is 0 Å². The van der Waals surface area contributed by atoms with Crippen LogP contribution < -0.4 is 5.73 Å². The van der Waals surface area contributed by atoms with E-state index in [1.54, 1.807) is 11.9 Å². The van der Waals surface area contributed by atoms with Gasteiger partial charge in [-0.25, -0.2) is 0 Å². The number of carbonyl (C=O) groups is 1. The van der Waals surface area contributed by atoms with Crippen molar-refractivity contribution < 1.29 is 9.53 Å². The van der Waals surface area contributed by atoms with Crippen LogP contribution in [-0.4, -0.2) is 43.2 Å². The van der Waals surface area contributed by atoms with Gasteiger partial charge in [-0.1, -0.05) is 6.92 Å². The lowest BCUT2D eigenvalue weighted by Crippen LogP contribution is -2.42. The molecule has 1 amide bonds. The van der Waals surface area contributed by atoms with E-state index in [4.69, 9.17) is 10.5 Å². The molecule has 1 rings (SSSR count).